The molecule has 0 atom stereocenters. The van der Waals surface area contributed by atoms with Crippen LogP contribution in [0.4, 0.5) is 0 Å². The third-order valence-electron chi connectivity index (χ3n) is 5.12. The number of carbonyl (C=O) groups is 2. The van der Waals surface area contributed by atoms with E-state index in [-0.39, 0.29) is 10.7 Å². The molecule has 9 heteroatoms. The van der Waals surface area contributed by atoms with Gasteiger partial charge in [0.15, 0.2) is 18.1 Å². The molecule has 1 amide bonds. The number of benzene rings is 2. The molecule has 172 valence electrons. The Morgan fingerprint density at radius 1 is 1.09 bits per heavy atom. The summed E-state index contributed by atoms with van der Waals surface area (Å²) in [5.74, 6) is 0.353. The molecule has 1 aromatic heterocycles. The first-order chi connectivity index (χ1) is 16.0. The molecular formula is C24H24ClN3O5. The van der Waals surface area contributed by atoms with Crippen LogP contribution in [0.25, 0.3) is 0 Å². The van der Waals surface area contributed by atoms with Crippen LogP contribution in [0.15, 0.2) is 48.5 Å². The minimum Gasteiger partial charge on any atom is -0.486 e. The van der Waals surface area contributed by atoms with Crippen molar-refractivity contribution in [2.75, 3.05) is 26.4 Å². The summed E-state index contributed by atoms with van der Waals surface area (Å²) in [4.78, 5) is 24.7. The molecule has 0 aliphatic carbocycles. The highest BCUT2D eigenvalue weighted by atomic mass is 35.5. The van der Waals surface area contributed by atoms with Gasteiger partial charge >= 0.3 is 5.97 Å². The molecule has 33 heavy (non-hydrogen) atoms. The topological polar surface area (TPSA) is 91.7 Å². The highest BCUT2D eigenvalue weighted by Gasteiger charge is 2.22. The first-order valence-corrected chi connectivity index (χ1v) is 11.0. The molecule has 0 fully saturated rings. The van der Waals surface area contributed by atoms with Crippen molar-refractivity contribution in [1.82, 2.24) is 15.1 Å². The number of ether oxygens (including phenoxy) is 3. The number of hydrogen-bond donors (Lipinski definition) is 1. The van der Waals surface area contributed by atoms with Crippen LogP contribution in [0.2, 0.25) is 5.15 Å². The van der Waals surface area contributed by atoms with E-state index in [4.69, 9.17) is 25.8 Å². The molecule has 2 aromatic carbocycles. The number of rotatable bonds is 8. The molecule has 2 heterocycles. The average Bonchev–Trinajstić information content (AvgIpc) is 3.10. The summed E-state index contributed by atoms with van der Waals surface area (Å²) >= 11 is 6.37. The van der Waals surface area contributed by atoms with Crippen LogP contribution in [0.1, 0.15) is 27.2 Å². The normalized spacial score (nSPS) is 12.3. The predicted molar refractivity (Wildman–Crippen MR) is 122 cm³/mol. The number of carbonyl (C=O) groups excluding carboxylic acids is 2. The van der Waals surface area contributed by atoms with Gasteiger partial charge in [0.05, 0.1) is 12.2 Å². The van der Waals surface area contributed by atoms with Gasteiger partial charge < -0.3 is 19.5 Å². The maximum atomic E-state index is 12.5. The smallest absolute Gasteiger partial charge is 0.343 e. The van der Waals surface area contributed by atoms with E-state index in [0.29, 0.717) is 44.2 Å². The number of aryl methyl sites for hydroxylation is 1. The summed E-state index contributed by atoms with van der Waals surface area (Å²) in [6.45, 7) is 3.16. The van der Waals surface area contributed by atoms with Gasteiger partial charge in [-0.2, -0.15) is 5.10 Å². The Bertz CT molecular complexity index is 1150. The summed E-state index contributed by atoms with van der Waals surface area (Å²) in [6.07, 6.45) is 0.605. The van der Waals surface area contributed by atoms with E-state index in [1.807, 2.05) is 48.5 Å². The van der Waals surface area contributed by atoms with E-state index in [1.165, 1.54) is 4.68 Å². The van der Waals surface area contributed by atoms with Crippen molar-refractivity contribution in [3.05, 3.63) is 76.1 Å². The van der Waals surface area contributed by atoms with E-state index in [9.17, 15) is 9.59 Å². The van der Waals surface area contributed by atoms with Crippen LogP contribution in [-0.2, 0) is 22.5 Å². The van der Waals surface area contributed by atoms with Crippen LogP contribution in [0, 0.1) is 6.92 Å². The van der Waals surface area contributed by atoms with Crippen molar-refractivity contribution >= 4 is 23.5 Å². The zero-order valence-corrected chi connectivity index (χ0v) is 18.9. The molecule has 1 N–H and O–H groups in total. The Balaban J connectivity index is 1.26. The summed E-state index contributed by atoms with van der Waals surface area (Å²) in [5, 5.41) is 7.26. The number of hydrogen-bond acceptors (Lipinski definition) is 6. The Kier molecular flexibility index (Phi) is 7.14. The van der Waals surface area contributed by atoms with E-state index >= 15 is 0 Å². The number of amides is 1. The second-order valence-corrected chi connectivity index (χ2v) is 7.91. The maximum absolute atomic E-state index is 12.5. The van der Waals surface area contributed by atoms with E-state index < -0.39 is 18.5 Å². The molecular weight excluding hydrogens is 446 g/mol. The van der Waals surface area contributed by atoms with Crippen LogP contribution in [-0.4, -0.2) is 48.0 Å². The zero-order chi connectivity index (χ0) is 23.2. The van der Waals surface area contributed by atoms with E-state index in [0.717, 1.165) is 16.9 Å². The quantitative estimate of drug-likeness (QED) is 0.509. The molecule has 1 aliphatic heterocycles. The first kappa shape index (κ1) is 22.7. The molecule has 0 radical (unpaired) electrons. The molecule has 3 aromatic rings. The standard InChI is InChI=1S/C24H24ClN3O5/c1-16-22(23(25)28(27-16)14-18-5-3-2-4-6-18)24(30)33-15-21(29)26-10-9-17-7-8-19-20(13-17)32-12-11-31-19/h2-8,13H,9-12,14-15H2,1H3,(H,26,29). The predicted octanol–water partition coefficient (Wildman–Crippen LogP) is 3.18. The zero-order valence-electron chi connectivity index (χ0n) is 18.2. The molecule has 0 unspecified atom stereocenters. The highest BCUT2D eigenvalue weighted by molar-refractivity contribution is 6.32. The number of nitrogens with one attached hydrogen (secondary N) is 1. The summed E-state index contributed by atoms with van der Waals surface area (Å²) < 4.78 is 17.8. The van der Waals surface area contributed by atoms with Crippen LogP contribution >= 0.6 is 11.6 Å². The third kappa shape index (κ3) is 5.64. The molecule has 0 saturated carbocycles. The molecule has 4 rings (SSSR count). The lowest BCUT2D eigenvalue weighted by Gasteiger charge is -2.18. The minimum absolute atomic E-state index is 0.164. The van der Waals surface area contributed by atoms with Crippen molar-refractivity contribution in [2.45, 2.75) is 19.9 Å². The minimum atomic E-state index is -0.682. The largest absolute Gasteiger partial charge is 0.486 e. The number of esters is 1. The number of halogens is 1. The van der Waals surface area contributed by atoms with Crippen molar-refractivity contribution in [3.8, 4) is 11.5 Å². The maximum Gasteiger partial charge on any atom is 0.343 e. The van der Waals surface area contributed by atoms with Gasteiger partial charge in [0.1, 0.15) is 23.9 Å². The van der Waals surface area contributed by atoms with Gasteiger partial charge in [-0.1, -0.05) is 48.0 Å². The van der Waals surface area contributed by atoms with E-state index in [1.54, 1.807) is 6.92 Å². The van der Waals surface area contributed by atoms with Crippen molar-refractivity contribution in [2.24, 2.45) is 0 Å². The number of fused-ring (bicyclic) bond motifs is 1. The van der Waals surface area contributed by atoms with Gasteiger partial charge in [0, 0.05) is 6.54 Å². The van der Waals surface area contributed by atoms with Crippen molar-refractivity contribution in [1.29, 1.82) is 0 Å². The SMILES string of the molecule is Cc1nn(Cc2ccccc2)c(Cl)c1C(=O)OCC(=O)NCCc1ccc2c(c1)OCCO2. The fourth-order valence-corrected chi connectivity index (χ4v) is 3.80. The number of aromatic nitrogens is 2. The van der Waals surface area contributed by atoms with Crippen LogP contribution in [0.5, 0.6) is 11.5 Å². The first-order valence-electron chi connectivity index (χ1n) is 10.6. The second kappa shape index (κ2) is 10.4. The highest BCUT2D eigenvalue weighted by Crippen LogP contribution is 2.30. The Morgan fingerprint density at radius 3 is 2.64 bits per heavy atom. The summed E-state index contributed by atoms with van der Waals surface area (Å²) in [6, 6.07) is 15.3. The van der Waals surface area contributed by atoms with Crippen LogP contribution < -0.4 is 14.8 Å². The van der Waals surface area contributed by atoms with Crippen molar-refractivity contribution in [3.63, 3.8) is 0 Å². The molecule has 0 spiro atoms. The van der Waals surface area contributed by atoms with Crippen LogP contribution in [0.3, 0.4) is 0 Å². The van der Waals surface area contributed by atoms with Gasteiger partial charge in [-0.15, -0.1) is 0 Å². The lowest BCUT2D eigenvalue weighted by atomic mass is 10.1. The lowest BCUT2D eigenvalue weighted by molar-refractivity contribution is -0.124. The van der Waals surface area contributed by atoms with E-state index in [2.05, 4.69) is 10.4 Å². The summed E-state index contributed by atoms with van der Waals surface area (Å²) in [7, 11) is 0. The Hall–Kier alpha value is -3.52. The van der Waals surface area contributed by atoms with Crippen molar-refractivity contribution < 1.29 is 23.8 Å². The second-order valence-electron chi connectivity index (χ2n) is 7.55. The third-order valence-corrected chi connectivity index (χ3v) is 5.51. The Morgan fingerprint density at radius 2 is 1.85 bits per heavy atom. The molecule has 8 nitrogen and oxygen atoms in total. The average molecular weight is 470 g/mol. The molecule has 0 bridgehead atoms. The fourth-order valence-electron chi connectivity index (χ4n) is 3.49. The number of nitrogens with zero attached hydrogens (tertiary/aromatic N) is 2. The van der Waals surface area contributed by atoms with Gasteiger partial charge in [0.2, 0.25) is 0 Å². The molecule has 0 saturated heterocycles. The fraction of sp³-hybridized carbons (Fsp3) is 0.292. The van der Waals surface area contributed by atoms with Gasteiger partial charge in [-0.3, -0.25) is 4.79 Å². The lowest BCUT2D eigenvalue weighted by Crippen LogP contribution is -2.30. The summed E-state index contributed by atoms with van der Waals surface area (Å²) in [5.41, 5.74) is 2.61. The molecule has 1 aliphatic rings. The van der Waals surface area contributed by atoms with Gasteiger partial charge in [-0.25, -0.2) is 9.48 Å². The monoisotopic (exact) mass is 469 g/mol. The van der Waals surface area contributed by atoms with Gasteiger partial charge in [-0.05, 0) is 36.6 Å². The van der Waals surface area contributed by atoms with Gasteiger partial charge in [0.25, 0.3) is 5.91 Å². The Labute approximate surface area is 196 Å².